The van der Waals surface area contributed by atoms with Crippen molar-refractivity contribution in [2.24, 2.45) is 5.16 Å². The summed E-state index contributed by atoms with van der Waals surface area (Å²) in [6.45, 7) is 2.42. The van der Waals surface area contributed by atoms with E-state index in [0.717, 1.165) is 17.8 Å². The second-order valence-corrected chi connectivity index (χ2v) is 10.7. The zero-order chi connectivity index (χ0) is 27.5. The number of carboxylic acids is 1. The largest absolute Gasteiger partial charge is 0.477 e. The van der Waals surface area contributed by atoms with Gasteiger partial charge in [0.1, 0.15) is 22.8 Å². The minimum absolute atomic E-state index is 0.0275. The van der Waals surface area contributed by atoms with Gasteiger partial charge in [-0.2, -0.15) is 0 Å². The number of pyridine rings is 1. The van der Waals surface area contributed by atoms with E-state index in [0.29, 0.717) is 23.6 Å². The van der Waals surface area contributed by atoms with Gasteiger partial charge in [-0.15, -0.1) is 23.1 Å². The Morgan fingerprint density at radius 1 is 1.38 bits per heavy atom. The molecular formula is C24H25N8O5S2+. The maximum absolute atomic E-state index is 13.2. The number of imidazole rings is 1. The average Bonchev–Trinajstić information content (AvgIpc) is 3.61. The van der Waals surface area contributed by atoms with Crippen LogP contribution in [0.1, 0.15) is 23.9 Å². The number of aromatic amines is 1. The first-order valence-corrected chi connectivity index (χ1v) is 13.9. The van der Waals surface area contributed by atoms with E-state index in [9.17, 15) is 19.5 Å². The average molecular weight is 570 g/mol. The fraction of sp³-hybridized carbons (Fsp3) is 0.292. The van der Waals surface area contributed by atoms with Crippen LogP contribution in [0.25, 0.3) is 0 Å². The van der Waals surface area contributed by atoms with Gasteiger partial charge >= 0.3 is 5.97 Å². The minimum Gasteiger partial charge on any atom is -0.477 e. The summed E-state index contributed by atoms with van der Waals surface area (Å²) in [5.74, 6) is -2.01. The number of hydrogen-bond acceptors (Lipinski definition) is 10. The van der Waals surface area contributed by atoms with Crippen molar-refractivity contribution in [1.82, 2.24) is 25.2 Å². The number of thioether (sulfide) groups is 1. The normalized spacial score (nSPS) is 18.9. The fourth-order valence-corrected chi connectivity index (χ4v) is 6.08. The summed E-state index contributed by atoms with van der Waals surface area (Å²) in [5.41, 5.74) is 8.15. The Balaban J connectivity index is 1.32. The van der Waals surface area contributed by atoms with Gasteiger partial charge in [0.05, 0.1) is 18.2 Å². The van der Waals surface area contributed by atoms with Crippen LogP contribution >= 0.6 is 23.1 Å². The van der Waals surface area contributed by atoms with Gasteiger partial charge in [0.2, 0.25) is 0 Å². The van der Waals surface area contributed by atoms with Crippen LogP contribution in [0.2, 0.25) is 0 Å². The van der Waals surface area contributed by atoms with Crippen molar-refractivity contribution in [2.45, 2.75) is 37.9 Å². The molecule has 0 radical (unpaired) electrons. The number of carbonyl (C=O) groups is 3. The number of hydrogen-bond donors (Lipinski definition) is 4. The molecule has 3 aromatic heterocycles. The van der Waals surface area contributed by atoms with E-state index in [-0.39, 0.29) is 28.8 Å². The number of aryl methyl sites for hydroxylation is 1. The Kier molecular flexibility index (Phi) is 7.60. The number of nitrogens with zero attached hydrogens (tertiary/aromatic N) is 5. The molecule has 5 heterocycles. The molecule has 5 N–H and O–H groups in total. The first-order chi connectivity index (χ1) is 18.9. The van der Waals surface area contributed by atoms with Crippen molar-refractivity contribution < 1.29 is 28.9 Å². The third-order valence-electron chi connectivity index (χ3n) is 6.19. The van der Waals surface area contributed by atoms with Crippen LogP contribution in [0.15, 0.2) is 58.9 Å². The number of H-pyrrole nitrogens is 1. The molecule has 0 spiro atoms. The number of β-lactam (4-membered cyclic amide) rings is 1. The highest BCUT2D eigenvalue weighted by Gasteiger charge is 2.54. The molecule has 3 aromatic rings. The van der Waals surface area contributed by atoms with Crippen LogP contribution in [-0.2, 0) is 38.8 Å². The Bertz CT molecular complexity index is 1450. The number of nitrogens with two attached hydrogens (primary N) is 1. The molecule has 15 heteroatoms. The number of oxime groups is 1. The molecule has 13 nitrogen and oxygen atoms in total. The molecule has 1 fully saturated rings. The molecule has 39 heavy (non-hydrogen) atoms. The molecule has 1 unspecified atom stereocenters. The highest BCUT2D eigenvalue weighted by Crippen LogP contribution is 2.40. The summed E-state index contributed by atoms with van der Waals surface area (Å²) >= 11 is 2.52. The molecule has 2 aliphatic heterocycles. The standard InChI is InChI=1S/C24H24N8O5S2/c1-2-13-3-5-31(6-4-13)8-14-10-38-22-18(21(34)32(22)19(14)23(35)36)29-20(33)17(16-11-39-24(25)28-16)30-37-9-15-7-26-12-27-15/h3-7,11-12,18,22H,2,8-10H2,1H3,(H4-,25,26,27,28,29,33,35,36)/p+1/t18?,22-/m0/s1. The van der Waals surface area contributed by atoms with Gasteiger partial charge in [-0.3, -0.25) is 14.5 Å². The molecule has 202 valence electrons. The topological polar surface area (TPSA) is 180 Å². The van der Waals surface area contributed by atoms with Gasteiger partial charge in [0, 0.05) is 28.8 Å². The van der Waals surface area contributed by atoms with Crippen LogP contribution < -0.4 is 15.6 Å². The smallest absolute Gasteiger partial charge is 0.352 e. The predicted molar refractivity (Wildman–Crippen MR) is 142 cm³/mol. The number of rotatable bonds is 10. The van der Waals surface area contributed by atoms with E-state index in [4.69, 9.17) is 10.6 Å². The summed E-state index contributed by atoms with van der Waals surface area (Å²) in [7, 11) is 0. The third kappa shape index (κ3) is 5.49. The summed E-state index contributed by atoms with van der Waals surface area (Å²) in [6, 6.07) is 3.02. The molecule has 0 aromatic carbocycles. The van der Waals surface area contributed by atoms with Crippen molar-refractivity contribution in [2.75, 3.05) is 11.5 Å². The number of anilines is 1. The van der Waals surface area contributed by atoms with Crippen molar-refractivity contribution in [3.63, 3.8) is 0 Å². The van der Waals surface area contributed by atoms with Crippen molar-refractivity contribution >= 4 is 51.7 Å². The zero-order valence-electron chi connectivity index (χ0n) is 20.7. The van der Waals surface area contributed by atoms with Crippen molar-refractivity contribution in [3.05, 3.63) is 70.7 Å². The highest BCUT2D eigenvalue weighted by atomic mass is 32.2. The van der Waals surface area contributed by atoms with Gasteiger partial charge in [-0.05, 0) is 12.0 Å². The zero-order valence-corrected chi connectivity index (χ0v) is 22.4. The maximum Gasteiger partial charge on any atom is 0.352 e. The fourth-order valence-electron chi connectivity index (χ4n) is 4.20. The lowest BCUT2D eigenvalue weighted by Gasteiger charge is -2.49. The van der Waals surface area contributed by atoms with Crippen LogP contribution in [0.4, 0.5) is 5.13 Å². The number of carbonyl (C=O) groups excluding carboxylic acids is 2. The van der Waals surface area contributed by atoms with E-state index in [1.54, 1.807) is 11.6 Å². The Morgan fingerprint density at radius 2 is 2.18 bits per heavy atom. The lowest BCUT2D eigenvalue weighted by Crippen LogP contribution is -2.71. The van der Waals surface area contributed by atoms with Crippen LogP contribution in [0.5, 0.6) is 0 Å². The number of thiazole rings is 1. The summed E-state index contributed by atoms with van der Waals surface area (Å²) < 4.78 is 1.88. The SMILES string of the molecule is CCc1cc[n+](CC2=C(C(=O)O)N3C(=O)C(NC(=O)C(=NOCc4cnc[nH]4)c4csc(N)n4)[C@@H]3SC2)cc1. The molecule has 0 bridgehead atoms. The molecule has 0 saturated carbocycles. The lowest BCUT2D eigenvalue weighted by molar-refractivity contribution is -0.689. The number of nitrogens with one attached hydrogen (secondary N) is 2. The minimum atomic E-state index is -1.19. The summed E-state index contributed by atoms with van der Waals surface area (Å²) in [6.07, 6.45) is 7.72. The monoisotopic (exact) mass is 569 g/mol. The van der Waals surface area contributed by atoms with E-state index in [1.165, 1.54) is 28.6 Å². The molecule has 1 saturated heterocycles. The van der Waals surface area contributed by atoms with Crippen molar-refractivity contribution in [3.8, 4) is 0 Å². The van der Waals surface area contributed by atoms with Gasteiger partial charge in [0.25, 0.3) is 11.8 Å². The first-order valence-electron chi connectivity index (χ1n) is 11.9. The Labute approximate surface area is 230 Å². The number of aliphatic carboxylic acids is 1. The predicted octanol–water partition coefficient (Wildman–Crippen LogP) is 0.658. The first kappa shape index (κ1) is 26.4. The number of amides is 2. The van der Waals surface area contributed by atoms with E-state index in [1.807, 2.05) is 29.1 Å². The second kappa shape index (κ2) is 11.2. The maximum atomic E-state index is 13.2. The highest BCUT2D eigenvalue weighted by molar-refractivity contribution is 8.00. The quantitative estimate of drug-likeness (QED) is 0.118. The number of nitrogen functional groups attached to an aromatic ring is 1. The Morgan fingerprint density at radius 3 is 2.82 bits per heavy atom. The summed E-state index contributed by atoms with van der Waals surface area (Å²) in [4.78, 5) is 56.0. The molecule has 2 atom stereocenters. The Hall–Kier alpha value is -4.24. The third-order valence-corrected chi connectivity index (χ3v) is 8.20. The molecule has 2 aliphatic rings. The van der Waals surface area contributed by atoms with Gasteiger partial charge in [-0.25, -0.2) is 19.3 Å². The number of aromatic nitrogens is 4. The van der Waals surface area contributed by atoms with Crippen LogP contribution in [-0.4, -0.2) is 65.6 Å². The number of fused-ring (bicyclic) bond motifs is 1. The van der Waals surface area contributed by atoms with E-state index >= 15 is 0 Å². The second-order valence-electron chi connectivity index (χ2n) is 8.71. The molecule has 2 amide bonds. The van der Waals surface area contributed by atoms with E-state index < -0.39 is 29.2 Å². The van der Waals surface area contributed by atoms with Gasteiger partial charge < -0.3 is 26.0 Å². The van der Waals surface area contributed by atoms with Crippen molar-refractivity contribution in [1.29, 1.82) is 0 Å². The van der Waals surface area contributed by atoms with Gasteiger partial charge in [-0.1, -0.05) is 12.1 Å². The van der Waals surface area contributed by atoms with Gasteiger partial charge in [0.15, 0.2) is 36.4 Å². The van der Waals surface area contributed by atoms with Crippen LogP contribution in [0.3, 0.4) is 0 Å². The molecule has 0 aliphatic carbocycles. The molecular weight excluding hydrogens is 544 g/mol. The number of carboxylic acid groups (broad SMARTS) is 1. The lowest BCUT2D eigenvalue weighted by atomic mass is 10.0. The van der Waals surface area contributed by atoms with Crippen LogP contribution in [0, 0.1) is 0 Å². The molecule has 5 rings (SSSR count). The van der Waals surface area contributed by atoms with E-state index in [2.05, 4.69) is 32.3 Å². The summed E-state index contributed by atoms with van der Waals surface area (Å²) in [5, 5.41) is 17.8.